The van der Waals surface area contributed by atoms with Crippen molar-refractivity contribution in [1.82, 2.24) is 0 Å². The summed E-state index contributed by atoms with van der Waals surface area (Å²) in [6.07, 6.45) is 5.58. The van der Waals surface area contributed by atoms with Gasteiger partial charge < -0.3 is 24.8 Å². The molecule has 2 aliphatic carbocycles. The molecule has 0 aromatic heterocycles. The molecule has 9 unspecified atom stereocenters. The van der Waals surface area contributed by atoms with Crippen LogP contribution in [0.3, 0.4) is 0 Å². The van der Waals surface area contributed by atoms with Crippen LogP contribution >= 0.6 is 0 Å². The molecule has 3 rings (SSSR count). The van der Waals surface area contributed by atoms with Crippen molar-refractivity contribution in [2.75, 3.05) is 6.61 Å². The third-order valence-electron chi connectivity index (χ3n) is 8.94. The van der Waals surface area contributed by atoms with E-state index in [2.05, 4.69) is 34.3 Å². The lowest BCUT2D eigenvalue weighted by atomic mass is 9.46. The van der Waals surface area contributed by atoms with E-state index in [1.807, 2.05) is 6.92 Å². The second kappa shape index (κ2) is 8.82. The summed E-state index contributed by atoms with van der Waals surface area (Å²) in [5.74, 6) is 2.07. The monoisotopic (exact) mass is 424 g/mol. The van der Waals surface area contributed by atoms with Crippen LogP contribution in [-0.2, 0) is 9.47 Å². The average Bonchev–Trinajstić information content (AvgIpc) is 2.67. The predicted molar refractivity (Wildman–Crippen MR) is 118 cm³/mol. The van der Waals surface area contributed by atoms with Crippen LogP contribution in [0.2, 0.25) is 0 Å². The molecule has 174 valence electrons. The third-order valence-corrected chi connectivity index (χ3v) is 8.94. The van der Waals surface area contributed by atoms with Crippen molar-refractivity contribution >= 4 is 0 Å². The van der Waals surface area contributed by atoms with Gasteiger partial charge in [-0.15, -0.1) is 6.58 Å². The lowest BCUT2D eigenvalue weighted by Crippen LogP contribution is -2.55. The molecule has 3 aliphatic rings. The first-order valence-corrected chi connectivity index (χ1v) is 11.9. The zero-order valence-corrected chi connectivity index (χ0v) is 19.6. The van der Waals surface area contributed by atoms with Gasteiger partial charge in [0, 0.05) is 0 Å². The van der Waals surface area contributed by atoms with Crippen molar-refractivity contribution in [2.24, 2.45) is 28.6 Å². The lowest BCUT2D eigenvalue weighted by molar-refractivity contribution is -0.293. The zero-order valence-electron chi connectivity index (χ0n) is 19.6. The number of fused-ring (bicyclic) bond motifs is 1. The Morgan fingerprint density at radius 1 is 1.13 bits per heavy atom. The molecule has 5 heteroatoms. The standard InChI is InChI=1S/C25H44O5/c1-7-24(5,30-22-21(28)20(27)18(26)15-29-22)14-11-17-16(2)9-10-19-23(3,4)12-8-13-25(17,19)6/h7,16-22,26-28H,1,8-15H2,2-6H3. The summed E-state index contributed by atoms with van der Waals surface area (Å²) in [4.78, 5) is 0. The molecular formula is C25H44O5. The molecule has 0 aromatic rings. The number of hydrogen-bond donors (Lipinski definition) is 3. The molecule has 2 saturated carbocycles. The van der Waals surface area contributed by atoms with E-state index in [0.29, 0.717) is 22.7 Å². The summed E-state index contributed by atoms with van der Waals surface area (Å²) < 4.78 is 11.6. The van der Waals surface area contributed by atoms with Crippen molar-refractivity contribution in [1.29, 1.82) is 0 Å². The van der Waals surface area contributed by atoms with Crippen LogP contribution in [0.1, 0.15) is 79.6 Å². The molecule has 30 heavy (non-hydrogen) atoms. The molecule has 1 saturated heterocycles. The van der Waals surface area contributed by atoms with Gasteiger partial charge in [-0.25, -0.2) is 0 Å². The Balaban J connectivity index is 1.70. The molecule has 0 spiro atoms. The van der Waals surface area contributed by atoms with E-state index in [1.165, 1.54) is 32.1 Å². The van der Waals surface area contributed by atoms with Crippen molar-refractivity contribution in [2.45, 2.75) is 110 Å². The highest BCUT2D eigenvalue weighted by Crippen LogP contribution is 2.62. The summed E-state index contributed by atoms with van der Waals surface area (Å²) in [7, 11) is 0. The summed E-state index contributed by atoms with van der Waals surface area (Å²) in [6.45, 7) is 15.8. The maximum absolute atomic E-state index is 10.3. The van der Waals surface area contributed by atoms with Gasteiger partial charge in [0.25, 0.3) is 0 Å². The summed E-state index contributed by atoms with van der Waals surface area (Å²) in [6, 6.07) is 0. The van der Waals surface area contributed by atoms with Gasteiger partial charge >= 0.3 is 0 Å². The third kappa shape index (κ3) is 4.52. The molecule has 3 N–H and O–H groups in total. The van der Waals surface area contributed by atoms with Crippen LogP contribution < -0.4 is 0 Å². The molecule has 3 fully saturated rings. The molecule has 9 atom stereocenters. The average molecular weight is 425 g/mol. The van der Waals surface area contributed by atoms with Crippen LogP contribution in [0.15, 0.2) is 12.7 Å². The first-order valence-electron chi connectivity index (χ1n) is 11.9. The maximum Gasteiger partial charge on any atom is 0.187 e. The van der Waals surface area contributed by atoms with Crippen LogP contribution in [0, 0.1) is 28.6 Å². The van der Waals surface area contributed by atoms with Crippen LogP contribution in [0.5, 0.6) is 0 Å². The van der Waals surface area contributed by atoms with Crippen molar-refractivity contribution < 1.29 is 24.8 Å². The number of aliphatic hydroxyl groups excluding tert-OH is 3. The van der Waals surface area contributed by atoms with E-state index in [1.54, 1.807) is 6.08 Å². The number of hydrogen-bond acceptors (Lipinski definition) is 5. The summed E-state index contributed by atoms with van der Waals surface area (Å²) >= 11 is 0. The van der Waals surface area contributed by atoms with Gasteiger partial charge in [-0.2, -0.15) is 0 Å². The number of ether oxygens (including phenoxy) is 2. The van der Waals surface area contributed by atoms with E-state index >= 15 is 0 Å². The Bertz CT molecular complexity index is 606. The van der Waals surface area contributed by atoms with Crippen molar-refractivity contribution in [3.8, 4) is 0 Å². The van der Waals surface area contributed by atoms with Gasteiger partial charge in [-0.3, -0.25) is 0 Å². The second-order valence-corrected chi connectivity index (χ2v) is 11.5. The molecule has 0 radical (unpaired) electrons. The molecule has 0 bridgehead atoms. The Kier molecular flexibility index (Phi) is 7.11. The fourth-order valence-corrected chi connectivity index (χ4v) is 7.02. The first kappa shape index (κ1) is 24.2. The topological polar surface area (TPSA) is 79.2 Å². The fourth-order valence-electron chi connectivity index (χ4n) is 7.02. The van der Waals surface area contributed by atoms with Gasteiger partial charge in [0.1, 0.15) is 18.3 Å². The van der Waals surface area contributed by atoms with Gasteiger partial charge in [0.2, 0.25) is 0 Å². The number of rotatable bonds is 6. The van der Waals surface area contributed by atoms with Gasteiger partial charge in [-0.05, 0) is 67.6 Å². The quantitative estimate of drug-likeness (QED) is 0.561. The highest BCUT2D eigenvalue weighted by Gasteiger charge is 2.53. The SMILES string of the molecule is C=CC(C)(CCC1C(C)CCC2C(C)(C)CCCC12C)OC1OCC(O)C(O)C1O. The highest BCUT2D eigenvalue weighted by atomic mass is 16.7. The summed E-state index contributed by atoms with van der Waals surface area (Å²) in [5, 5.41) is 30.0. The molecule has 0 aromatic carbocycles. The first-order chi connectivity index (χ1) is 13.9. The van der Waals surface area contributed by atoms with Gasteiger partial charge in [0.05, 0.1) is 12.2 Å². The highest BCUT2D eigenvalue weighted by molar-refractivity contribution is 5.04. The largest absolute Gasteiger partial charge is 0.388 e. The molecule has 0 amide bonds. The van der Waals surface area contributed by atoms with Gasteiger partial charge in [-0.1, -0.05) is 46.6 Å². The van der Waals surface area contributed by atoms with E-state index in [0.717, 1.165) is 18.8 Å². The minimum absolute atomic E-state index is 0.0510. The van der Waals surface area contributed by atoms with E-state index in [9.17, 15) is 15.3 Å². The number of aliphatic hydroxyl groups is 3. The minimum Gasteiger partial charge on any atom is -0.388 e. The molecule has 5 nitrogen and oxygen atoms in total. The van der Waals surface area contributed by atoms with Crippen molar-refractivity contribution in [3.05, 3.63) is 12.7 Å². The Labute approximate surface area is 182 Å². The minimum atomic E-state index is -1.28. The predicted octanol–water partition coefficient (Wildman–Crippen LogP) is 4.05. The summed E-state index contributed by atoms with van der Waals surface area (Å²) in [5.41, 5.74) is 0.0875. The Morgan fingerprint density at radius 2 is 1.83 bits per heavy atom. The van der Waals surface area contributed by atoms with Crippen molar-refractivity contribution in [3.63, 3.8) is 0 Å². The van der Waals surface area contributed by atoms with Crippen LogP contribution in [0.25, 0.3) is 0 Å². The van der Waals surface area contributed by atoms with Crippen LogP contribution in [0.4, 0.5) is 0 Å². The normalized spacial score (nSPS) is 45.9. The maximum atomic E-state index is 10.3. The Hall–Kier alpha value is -0.460. The van der Waals surface area contributed by atoms with E-state index in [4.69, 9.17) is 9.47 Å². The second-order valence-electron chi connectivity index (χ2n) is 11.5. The van der Waals surface area contributed by atoms with E-state index < -0.39 is 30.2 Å². The molecule has 1 heterocycles. The van der Waals surface area contributed by atoms with Gasteiger partial charge in [0.15, 0.2) is 6.29 Å². The molecule has 1 aliphatic heterocycles. The smallest absolute Gasteiger partial charge is 0.187 e. The Morgan fingerprint density at radius 3 is 2.50 bits per heavy atom. The van der Waals surface area contributed by atoms with E-state index in [-0.39, 0.29) is 6.61 Å². The molecular weight excluding hydrogens is 380 g/mol. The zero-order chi connectivity index (χ0) is 22.3. The lowest BCUT2D eigenvalue weighted by Gasteiger charge is -2.59. The van der Waals surface area contributed by atoms with Crippen LogP contribution in [-0.4, -0.2) is 52.1 Å². The fraction of sp³-hybridized carbons (Fsp3) is 0.920.